The highest BCUT2D eigenvalue weighted by Crippen LogP contribution is 2.19. The van der Waals surface area contributed by atoms with Crippen LogP contribution in [-0.4, -0.2) is 46.1 Å². The molecular formula is C19H24N4O3. The van der Waals surface area contributed by atoms with E-state index >= 15 is 0 Å². The minimum Gasteiger partial charge on any atom is -0.453 e. The molecule has 1 saturated heterocycles. The monoisotopic (exact) mass is 356 g/mol. The fourth-order valence-electron chi connectivity index (χ4n) is 3.37. The van der Waals surface area contributed by atoms with Crippen LogP contribution in [0.2, 0.25) is 0 Å². The molecule has 7 nitrogen and oxygen atoms in total. The van der Waals surface area contributed by atoms with Crippen molar-refractivity contribution in [3.8, 4) is 5.69 Å². The molecule has 0 bridgehead atoms. The molecule has 1 fully saturated rings. The second-order valence-electron chi connectivity index (χ2n) is 6.37. The summed E-state index contributed by atoms with van der Waals surface area (Å²) in [4.78, 5) is 30.4. The molecule has 1 unspecified atom stereocenters. The number of imidazole rings is 1. The Balaban J connectivity index is 1.72. The van der Waals surface area contributed by atoms with E-state index in [-0.39, 0.29) is 5.91 Å². The van der Waals surface area contributed by atoms with Crippen LogP contribution in [-0.2, 0) is 16.1 Å². The summed E-state index contributed by atoms with van der Waals surface area (Å²) in [5.41, 5.74) is 1.97. The first-order chi connectivity index (χ1) is 12.6. The molecule has 1 atom stereocenters. The molecule has 2 heterocycles. The molecule has 1 aromatic carbocycles. The van der Waals surface area contributed by atoms with Gasteiger partial charge in [-0.3, -0.25) is 9.69 Å². The molecule has 2 aromatic rings. The number of carbonyl (C=O) groups is 2. The van der Waals surface area contributed by atoms with Crippen molar-refractivity contribution in [2.75, 3.05) is 13.7 Å². The number of methoxy groups -OCH3 is 1. The van der Waals surface area contributed by atoms with Crippen molar-refractivity contribution in [1.29, 1.82) is 0 Å². The number of ether oxygens (including phenoxy) is 1. The van der Waals surface area contributed by atoms with Gasteiger partial charge in [-0.1, -0.05) is 18.2 Å². The van der Waals surface area contributed by atoms with Gasteiger partial charge < -0.3 is 14.6 Å². The number of nitrogens with zero attached hydrogens (tertiary/aromatic N) is 3. The lowest BCUT2D eigenvalue weighted by Crippen LogP contribution is -2.51. The molecule has 1 aromatic heterocycles. The number of aryl methyl sites for hydroxylation is 1. The smallest absolute Gasteiger partial charge is 0.410 e. The Morgan fingerprint density at radius 1 is 1.31 bits per heavy atom. The van der Waals surface area contributed by atoms with Crippen molar-refractivity contribution < 1.29 is 14.3 Å². The van der Waals surface area contributed by atoms with Gasteiger partial charge >= 0.3 is 6.09 Å². The molecule has 1 aliphatic rings. The summed E-state index contributed by atoms with van der Waals surface area (Å²) in [5, 5.41) is 2.98. The molecule has 3 rings (SSSR count). The van der Waals surface area contributed by atoms with Gasteiger partial charge in [0.1, 0.15) is 11.9 Å². The van der Waals surface area contributed by atoms with E-state index in [0.29, 0.717) is 19.5 Å². The molecule has 1 N–H and O–H groups in total. The lowest BCUT2D eigenvalue weighted by Gasteiger charge is -2.33. The number of benzene rings is 1. The molecule has 7 heteroatoms. The molecule has 0 aliphatic carbocycles. The van der Waals surface area contributed by atoms with E-state index in [1.54, 1.807) is 6.20 Å². The number of rotatable bonds is 4. The molecular weight excluding hydrogens is 332 g/mol. The minimum absolute atomic E-state index is 0.146. The zero-order valence-corrected chi connectivity index (χ0v) is 15.1. The van der Waals surface area contributed by atoms with Crippen LogP contribution in [0.25, 0.3) is 5.69 Å². The molecule has 138 valence electrons. The van der Waals surface area contributed by atoms with Gasteiger partial charge in [0.25, 0.3) is 0 Å². The minimum atomic E-state index is -0.474. The average Bonchev–Trinajstić information content (AvgIpc) is 3.11. The van der Waals surface area contributed by atoms with E-state index in [4.69, 9.17) is 4.74 Å². The summed E-state index contributed by atoms with van der Waals surface area (Å²) < 4.78 is 6.80. The van der Waals surface area contributed by atoms with Crippen molar-refractivity contribution in [3.05, 3.63) is 48.0 Å². The number of piperidine rings is 1. The van der Waals surface area contributed by atoms with Crippen LogP contribution in [0.5, 0.6) is 0 Å². The first-order valence-corrected chi connectivity index (χ1v) is 8.82. The lowest BCUT2D eigenvalue weighted by molar-refractivity contribution is -0.127. The number of hydrogen-bond acceptors (Lipinski definition) is 4. The van der Waals surface area contributed by atoms with Crippen LogP contribution in [0.3, 0.4) is 0 Å². The third kappa shape index (κ3) is 3.71. The van der Waals surface area contributed by atoms with Gasteiger partial charge in [0.15, 0.2) is 0 Å². The van der Waals surface area contributed by atoms with Crippen molar-refractivity contribution >= 4 is 12.0 Å². The molecule has 0 radical (unpaired) electrons. The second kappa shape index (κ2) is 8.03. The number of nitrogens with one attached hydrogen (secondary N) is 1. The summed E-state index contributed by atoms with van der Waals surface area (Å²) in [7, 11) is 1.34. The number of likely N-dealkylation sites (tertiary alicyclic amines) is 1. The fourth-order valence-corrected chi connectivity index (χ4v) is 3.37. The van der Waals surface area contributed by atoms with Gasteiger partial charge in [0.05, 0.1) is 12.8 Å². The molecule has 26 heavy (non-hydrogen) atoms. The normalized spacial score (nSPS) is 17.0. The lowest BCUT2D eigenvalue weighted by atomic mass is 10.0. The van der Waals surface area contributed by atoms with Gasteiger partial charge in [0.2, 0.25) is 5.91 Å². The quantitative estimate of drug-likeness (QED) is 0.913. The maximum Gasteiger partial charge on any atom is 0.410 e. The zero-order valence-electron chi connectivity index (χ0n) is 15.1. The topological polar surface area (TPSA) is 76.5 Å². The number of para-hydroxylation sites is 1. The van der Waals surface area contributed by atoms with Crippen molar-refractivity contribution in [3.63, 3.8) is 0 Å². The highest BCUT2D eigenvalue weighted by atomic mass is 16.5. The summed E-state index contributed by atoms with van der Waals surface area (Å²) in [6, 6.07) is 7.41. The maximum absolute atomic E-state index is 12.7. The Morgan fingerprint density at radius 2 is 2.12 bits per heavy atom. The Morgan fingerprint density at radius 3 is 2.85 bits per heavy atom. The summed E-state index contributed by atoms with van der Waals surface area (Å²) >= 11 is 0. The van der Waals surface area contributed by atoms with Crippen LogP contribution in [0, 0.1) is 6.92 Å². The van der Waals surface area contributed by atoms with Crippen LogP contribution < -0.4 is 5.32 Å². The number of carbonyl (C=O) groups excluding carboxylic acids is 2. The molecule has 0 spiro atoms. The number of hydrogen-bond donors (Lipinski definition) is 1. The molecule has 0 saturated carbocycles. The van der Waals surface area contributed by atoms with Gasteiger partial charge in [-0.25, -0.2) is 9.78 Å². The van der Waals surface area contributed by atoms with Crippen LogP contribution >= 0.6 is 0 Å². The van der Waals surface area contributed by atoms with Gasteiger partial charge in [-0.15, -0.1) is 0 Å². The molecule has 1 aliphatic heterocycles. The predicted molar refractivity (Wildman–Crippen MR) is 96.9 cm³/mol. The summed E-state index contributed by atoms with van der Waals surface area (Å²) in [6.07, 6.45) is 5.68. The highest BCUT2D eigenvalue weighted by Gasteiger charge is 2.32. The highest BCUT2D eigenvalue weighted by molar-refractivity contribution is 5.85. The predicted octanol–water partition coefficient (Wildman–Crippen LogP) is 2.42. The standard InChI is InChI=1S/C19H24N4O3/c1-14-20-10-12-22(14)16-8-4-3-7-15(16)13-21-18(24)17-9-5-6-11-23(17)19(25)26-2/h3-4,7-8,10,12,17H,5-6,9,11,13H2,1-2H3,(H,21,24). The van der Waals surface area contributed by atoms with E-state index in [2.05, 4.69) is 10.3 Å². The Hall–Kier alpha value is -2.83. The summed E-state index contributed by atoms with van der Waals surface area (Å²) in [5.74, 6) is 0.736. The maximum atomic E-state index is 12.7. The third-order valence-electron chi connectivity index (χ3n) is 4.74. The summed E-state index contributed by atoms with van der Waals surface area (Å²) in [6.45, 7) is 2.87. The fraction of sp³-hybridized carbons (Fsp3) is 0.421. The van der Waals surface area contributed by atoms with E-state index < -0.39 is 12.1 Å². The zero-order chi connectivity index (χ0) is 18.5. The number of aromatic nitrogens is 2. The SMILES string of the molecule is COC(=O)N1CCCCC1C(=O)NCc1ccccc1-n1ccnc1C. The van der Waals surface area contributed by atoms with E-state index in [1.807, 2.05) is 42.0 Å². The molecule has 2 amide bonds. The van der Waals surface area contributed by atoms with Crippen LogP contribution in [0.1, 0.15) is 30.7 Å². The second-order valence-corrected chi connectivity index (χ2v) is 6.37. The van der Waals surface area contributed by atoms with E-state index in [9.17, 15) is 9.59 Å². The van der Waals surface area contributed by atoms with Crippen LogP contribution in [0.15, 0.2) is 36.7 Å². The Kier molecular flexibility index (Phi) is 5.55. The van der Waals surface area contributed by atoms with E-state index in [1.165, 1.54) is 12.0 Å². The Bertz CT molecular complexity index is 787. The average molecular weight is 356 g/mol. The number of amides is 2. The van der Waals surface area contributed by atoms with Gasteiger partial charge in [-0.2, -0.15) is 0 Å². The van der Waals surface area contributed by atoms with Crippen molar-refractivity contribution in [2.45, 2.75) is 38.8 Å². The van der Waals surface area contributed by atoms with Gasteiger partial charge in [0, 0.05) is 25.5 Å². The largest absolute Gasteiger partial charge is 0.453 e. The van der Waals surface area contributed by atoms with E-state index in [0.717, 1.165) is 29.9 Å². The van der Waals surface area contributed by atoms with Crippen LogP contribution in [0.4, 0.5) is 4.79 Å². The van der Waals surface area contributed by atoms with Crippen molar-refractivity contribution in [1.82, 2.24) is 19.8 Å². The van der Waals surface area contributed by atoms with Crippen molar-refractivity contribution in [2.24, 2.45) is 0 Å². The first-order valence-electron chi connectivity index (χ1n) is 8.82. The third-order valence-corrected chi connectivity index (χ3v) is 4.74. The van der Waals surface area contributed by atoms with Gasteiger partial charge in [-0.05, 0) is 37.8 Å². The first kappa shape index (κ1) is 18.0. The Labute approximate surface area is 153 Å².